The number of hydrogen-bond acceptors (Lipinski definition) is 7. The smallest absolute Gasteiger partial charge is 0.408 e. The lowest BCUT2D eigenvalue weighted by molar-refractivity contribution is -0.144. The Kier molecular flexibility index (Phi) is 7.41. The van der Waals surface area contributed by atoms with E-state index in [0.717, 1.165) is 24.8 Å². The molecule has 0 saturated heterocycles. The van der Waals surface area contributed by atoms with Crippen LogP contribution in [0.2, 0.25) is 0 Å². The lowest BCUT2D eigenvalue weighted by atomic mass is 9.58. The second-order valence-corrected chi connectivity index (χ2v) is 10.5. The molecule has 1 saturated carbocycles. The number of alkyl carbamates (subject to hydrolysis) is 1. The van der Waals surface area contributed by atoms with E-state index in [4.69, 9.17) is 9.47 Å². The van der Waals surface area contributed by atoms with Crippen molar-refractivity contribution in [2.75, 3.05) is 6.61 Å². The highest BCUT2D eigenvalue weighted by molar-refractivity contribution is 5.83. The van der Waals surface area contributed by atoms with Crippen molar-refractivity contribution in [2.24, 2.45) is 11.8 Å². The van der Waals surface area contributed by atoms with Crippen LogP contribution in [0.3, 0.4) is 0 Å². The van der Waals surface area contributed by atoms with Crippen LogP contribution in [0.15, 0.2) is 18.2 Å². The number of benzene rings is 1. The van der Waals surface area contributed by atoms with E-state index in [9.17, 15) is 24.9 Å². The van der Waals surface area contributed by atoms with Gasteiger partial charge in [-0.2, -0.15) is 0 Å². The highest BCUT2D eigenvalue weighted by atomic mass is 16.6. The van der Waals surface area contributed by atoms with Crippen molar-refractivity contribution in [1.29, 1.82) is 0 Å². The number of fused-ring (bicyclic) bond motifs is 3. The number of aliphatic hydroxyl groups is 3. The fraction of sp³-hybridized carbons (Fsp3) is 0.680. The van der Waals surface area contributed by atoms with E-state index < -0.39 is 42.0 Å². The van der Waals surface area contributed by atoms with Gasteiger partial charge >= 0.3 is 12.1 Å². The molecule has 2 aliphatic rings. The summed E-state index contributed by atoms with van der Waals surface area (Å²) >= 11 is 0. The molecule has 1 aromatic rings. The molecule has 6 atom stereocenters. The van der Waals surface area contributed by atoms with E-state index in [2.05, 4.69) is 5.32 Å². The molecule has 4 N–H and O–H groups in total. The van der Waals surface area contributed by atoms with Gasteiger partial charge in [0.25, 0.3) is 0 Å². The summed E-state index contributed by atoms with van der Waals surface area (Å²) in [6.45, 7) is 8.18. The predicted molar refractivity (Wildman–Crippen MR) is 122 cm³/mol. The quantitative estimate of drug-likeness (QED) is 0.391. The number of aryl methyl sites for hydroxylation is 1. The molecule has 6 unspecified atom stereocenters. The summed E-state index contributed by atoms with van der Waals surface area (Å²) in [7, 11) is 0. The number of esters is 1. The van der Waals surface area contributed by atoms with Crippen molar-refractivity contribution in [3.8, 4) is 5.75 Å². The Morgan fingerprint density at radius 2 is 1.97 bits per heavy atom. The van der Waals surface area contributed by atoms with Crippen molar-refractivity contribution in [3.63, 3.8) is 0 Å². The monoisotopic (exact) mass is 463 g/mol. The second-order valence-electron chi connectivity index (χ2n) is 10.5. The largest absolute Gasteiger partial charge is 0.444 e. The number of carbonyl (C=O) groups excluding carboxylic acids is 2. The molecule has 2 aliphatic carbocycles. The normalized spacial score (nSPS) is 28.7. The number of ether oxygens (including phenoxy) is 2. The van der Waals surface area contributed by atoms with Crippen LogP contribution in [0.1, 0.15) is 70.9 Å². The zero-order valence-corrected chi connectivity index (χ0v) is 20.1. The molecule has 1 fully saturated rings. The molecule has 0 spiro atoms. The molecule has 0 radical (unpaired) electrons. The van der Waals surface area contributed by atoms with Gasteiger partial charge in [-0.3, -0.25) is 0 Å². The van der Waals surface area contributed by atoms with Gasteiger partial charge in [-0.1, -0.05) is 13.0 Å². The molecule has 1 aromatic carbocycles. The number of nitrogens with one attached hydrogen (secondary N) is 1. The van der Waals surface area contributed by atoms with Gasteiger partial charge in [0, 0.05) is 0 Å². The Labute approximate surface area is 195 Å². The Balaban J connectivity index is 1.69. The number of rotatable bonds is 5. The molecule has 0 aromatic heterocycles. The fourth-order valence-corrected chi connectivity index (χ4v) is 5.34. The number of carbonyl (C=O) groups is 2. The first-order chi connectivity index (χ1) is 15.4. The fourth-order valence-electron chi connectivity index (χ4n) is 5.34. The average Bonchev–Trinajstić information content (AvgIpc) is 2.72. The van der Waals surface area contributed by atoms with Crippen LogP contribution < -0.4 is 10.1 Å². The van der Waals surface area contributed by atoms with Crippen LogP contribution in [0.5, 0.6) is 5.75 Å². The van der Waals surface area contributed by atoms with Gasteiger partial charge in [0.15, 0.2) is 6.04 Å². The number of hydrogen-bond donors (Lipinski definition) is 4. The van der Waals surface area contributed by atoms with Crippen molar-refractivity contribution in [1.82, 2.24) is 5.32 Å². The van der Waals surface area contributed by atoms with E-state index in [1.54, 1.807) is 33.8 Å². The summed E-state index contributed by atoms with van der Waals surface area (Å²) in [5.74, 6) is 0.116. The first-order valence-electron chi connectivity index (χ1n) is 11.7. The topological polar surface area (TPSA) is 125 Å². The van der Waals surface area contributed by atoms with Crippen LogP contribution in [0.25, 0.3) is 0 Å². The average molecular weight is 464 g/mol. The zero-order chi connectivity index (χ0) is 24.6. The van der Waals surface area contributed by atoms with Crippen LogP contribution >= 0.6 is 0 Å². The maximum Gasteiger partial charge on any atom is 0.408 e. The van der Waals surface area contributed by atoms with E-state index in [1.165, 1.54) is 5.56 Å². The van der Waals surface area contributed by atoms with Crippen LogP contribution in [0.4, 0.5) is 4.79 Å². The van der Waals surface area contributed by atoms with Crippen molar-refractivity contribution in [3.05, 3.63) is 29.3 Å². The van der Waals surface area contributed by atoms with E-state index in [0.29, 0.717) is 12.2 Å². The molecule has 8 heteroatoms. The Hall–Kier alpha value is -2.16. The molecule has 1 amide bonds. The van der Waals surface area contributed by atoms with Crippen molar-refractivity contribution < 1.29 is 34.4 Å². The minimum absolute atomic E-state index is 0.0221. The SMILES string of the molecule is CC(O)C1(O)CCC2c3ccc(OC(=O)C(CO)NC(=O)OC(C)(C)C)cc3CCC2C1C. The molecule has 0 heterocycles. The first-order valence-corrected chi connectivity index (χ1v) is 11.7. The van der Waals surface area contributed by atoms with Crippen molar-refractivity contribution >= 4 is 12.1 Å². The summed E-state index contributed by atoms with van der Waals surface area (Å²) in [6.07, 6.45) is 1.41. The Bertz CT molecular complexity index is 878. The third-order valence-corrected chi connectivity index (χ3v) is 7.16. The summed E-state index contributed by atoms with van der Waals surface area (Å²) in [4.78, 5) is 24.5. The van der Waals surface area contributed by atoms with E-state index >= 15 is 0 Å². The minimum Gasteiger partial charge on any atom is -0.444 e. The summed E-state index contributed by atoms with van der Waals surface area (Å²) in [6, 6.07) is 4.29. The highest BCUT2D eigenvalue weighted by Gasteiger charge is 2.50. The predicted octanol–water partition coefficient (Wildman–Crippen LogP) is 2.67. The summed E-state index contributed by atoms with van der Waals surface area (Å²) in [5.41, 5.74) is 0.494. The lowest BCUT2D eigenvalue weighted by Gasteiger charge is -2.50. The molecule has 0 bridgehead atoms. The van der Waals surface area contributed by atoms with Gasteiger partial charge < -0.3 is 30.1 Å². The van der Waals surface area contributed by atoms with Crippen LogP contribution in [-0.4, -0.2) is 57.3 Å². The van der Waals surface area contributed by atoms with Gasteiger partial charge in [0.1, 0.15) is 11.4 Å². The summed E-state index contributed by atoms with van der Waals surface area (Å²) < 4.78 is 10.6. The third kappa shape index (κ3) is 5.50. The molecule has 33 heavy (non-hydrogen) atoms. The van der Waals surface area contributed by atoms with Gasteiger partial charge in [0.05, 0.1) is 18.3 Å². The maximum atomic E-state index is 12.5. The van der Waals surface area contributed by atoms with Gasteiger partial charge in [-0.25, -0.2) is 9.59 Å². The van der Waals surface area contributed by atoms with Crippen molar-refractivity contribution in [2.45, 2.75) is 89.6 Å². The van der Waals surface area contributed by atoms with E-state index in [1.807, 2.05) is 19.1 Å². The summed E-state index contributed by atoms with van der Waals surface area (Å²) in [5, 5.41) is 33.0. The van der Waals surface area contributed by atoms with Gasteiger partial charge in [-0.15, -0.1) is 0 Å². The second kappa shape index (κ2) is 9.60. The Morgan fingerprint density at radius 3 is 2.58 bits per heavy atom. The number of aliphatic hydroxyl groups excluding tert-OH is 2. The zero-order valence-electron chi connectivity index (χ0n) is 20.1. The molecule has 184 valence electrons. The van der Waals surface area contributed by atoms with Gasteiger partial charge in [-0.05, 0) is 94.4 Å². The highest BCUT2D eigenvalue weighted by Crippen LogP contribution is 2.52. The standard InChI is InChI=1S/C25H37NO7/c1-14-18-8-6-16-12-17(7-9-19(16)20(18)10-11-25(14,31)15(2)28)32-22(29)21(13-27)26-23(30)33-24(3,4)5/h7,9,12,14-15,18,20-21,27-28,31H,6,8,10-11,13H2,1-5H3,(H,26,30). The van der Waals surface area contributed by atoms with Gasteiger partial charge in [0.2, 0.25) is 0 Å². The molecule has 3 rings (SSSR count). The lowest BCUT2D eigenvalue weighted by Crippen LogP contribution is -2.53. The molecular weight excluding hydrogens is 426 g/mol. The van der Waals surface area contributed by atoms with Crippen LogP contribution in [-0.2, 0) is 16.0 Å². The minimum atomic E-state index is -1.24. The number of amides is 1. The first kappa shape index (κ1) is 25.5. The Morgan fingerprint density at radius 1 is 1.27 bits per heavy atom. The van der Waals surface area contributed by atoms with Crippen LogP contribution in [0, 0.1) is 11.8 Å². The van der Waals surface area contributed by atoms with E-state index in [-0.39, 0.29) is 17.8 Å². The molecule has 0 aliphatic heterocycles. The third-order valence-electron chi connectivity index (χ3n) is 7.16. The molecular formula is C25H37NO7. The molecule has 8 nitrogen and oxygen atoms in total. The maximum absolute atomic E-state index is 12.5.